The van der Waals surface area contributed by atoms with Crippen LogP contribution in [-0.4, -0.2) is 25.6 Å². The molecule has 3 heteroatoms. The van der Waals surface area contributed by atoms with Gasteiger partial charge >= 0.3 is 0 Å². The molecule has 2 aliphatic rings. The number of ether oxygens (including phenoxy) is 1. The summed E-state index contributed by atoms with van der Waals surface area (Å²) in [6.45, 7) is 3.23. The summed E-state index contributed by atoms with van der Waals surface area (Å²) in [6.07, 6.45) is 5.31. The fourth-order valence-electron chi connectivity index (χ4n) is 4.19. The lowest BCUT2D eigenvalue weighted by Gasteiger charge is -2.39. The Morgan fingerprint density at radius 3 is 2.77 bits per heavy atom. The van der Waals surface area contributed by atoms with Gasteiger partial charge in [-0.25, -0.2) is 0 Å². The van der Waals surface area contributed by atoms with Crippen molar-refractivity contribution in [2.75, 3.05) is 20.7 Å². The molecule has 1 aromatic heterocycles. The lowest BCUT2D eigenvalue weighted by Crippen LogP contribution is -2.39. The Labute approximate surface area is 131 Å². The van der Waals surface area contributed by atoms with E-state index in [1.807, 2.05) is 6.07 Å². The van der Waals surface area contributed by atoms with E-state index in [0.717, 1.165) is 24.5 Å². The molecule has 22 heavy (non-hydrogen) atoms. The summed E-state index contributed by atoms with van der Waals surface area (Å²) >= 11 is 0. The van der Waals surface area contributed by atoms with Crippen molar-refractivity contribution in [2.45, 2.75) is 37.6 Å². The number of rotatable bonds is 3. The van der Waals surface area contributed by atoms with Crippen LogP contribution in [-0.2, 0) is 11.8 Å². The van der Waals surface area contributed by atoms with Gasteiger partial charge in [-0.15, -0.1) is 0 Å². The van der Waals surface area contributed by atoms with Crippen molar-refractivity contribution in [3.05, 3.63) is 53.0 Å². The molecule has 1 aromatic carbocycles. The van der Waals surface area contributed by atoms with Crippen LogP contribution in [0.15, 0.2) is 34.9 Å². The summed E-state index contributed by atoms with van der Waals surface area (Å²) in [5.41, 5.74) is 4.27. The minimum atomic E-state index is 0.147. The zero-order valence-electron chi connectivity index (χ0n) is 13.6. The monoisotopic (exact) mass is 297 g/mol. The third kappa shape index (κ3) is 1.92. The molecule has 0 radical (unpaired) electrons. The first kappa shape index (κ1) is 13.9. The van der Waals surface area contributed by atoms with Gasteiger partial charge in [0.25, 0.3) is 0 Å². The number of hydrogen-bond acceptors (Lipinski definition) is 3. The van der Waals surface area contributed by atoms with E-state index in [0.29, 0.717) is 6.04 Å². The maximum absolute atomic E-state index is 5.80. The summed E-state index contributed by atoms with van der Waals surface area (Å²) in [4.78, 5) is 2.49. The number of likely N-dealkylation sites (N-methyl/N-ethyl adjacent to an activating group) is 1. The van der Waals surface area contributed by atoms with Gasteiger partial charge in [-0.3, -0.25) is 4.90 Å². The van der Waals surface area contributed by atoms with E-state index in [-0.39, 0.29) is 5.41 Å². The van der Waals surface area contributed by atoms with Gasteiger partial charge in [-0.05, 0) is 68.1 Å². The Bertz CT molecular complexity index is 686. The number of benzene rings is 1. The molecule has 1 aliphatic heterocycles. The average Bonchev–Trinajstić information content (AvgIpc) is 3.11. The third-order valence-electron chi connectivity index (χ3n) is 5.45. The number of nitrogens with zero attached hydrogens (tertiary/aromatic N) is 1. The largest absolute Gasteiger partial charge is 0.496 e. The highest BCUT2D eigenvalue weighted by molar-refractivity contribution is 5.48. The Kier molecular flexibility index (Phi) is 3.08. The van der Waals surface area contributed by atoms with Crippen LogP contribution >= 0.6 is 0 Å². The standard InChI is InChI=1S/C19H23NO2/c1-13-11-14-6-9-20(2)18(15(14)12-16(13)21-3)19(7-8-19)17-5-4-10-22-17/h4-5,10-12,18H,6-9H2,1-3H3. The van der Waals surface area contributed by atoms with E-state index in [1.165, 1.54) is 29.5 Å². The second-order valence-electron chi connectivity index (χ2n) is 6.79. The highest BCUT2D eigenvalue weighted by atomic mass is 16.5. The molecule has 1 atom stereocenters. The topological polar surface area (TPSA) is 25.6 Å². The van der Waals surface area contributed by atoms with E-state index in [4.69, 9.17) is 9.15 Å². The molecule has 2 aromatic rings. The van der Waals surface area contributed by atoms with Gasteiger partial charge < -0.3 is 9.15 Å². The molecule has 1 fully saturated rings. The quantitative estimate of drug-likeness (QED) is 0.860. The Balaban J connectivity index is 1.84. The molecule has 0 spiro atoms. The van der Waals surface area contributed by atoms with E-state index >= 15 is 0 Å². The van der Waals surface area contributed by atoms with Crippen LogP contribution in [0.1, 0.15) is 41.3 Å². The van der Waals surface area contributed by atoms with Crippen molar-refractivity contribution >= 4 is 0 Å². The van der Waals surface area contributed by atoms with Crippen molar-refractivity contribution in [3.63, 3.8) is 0 Å². The van der Waals surface area contributed by atoms with E-state index in [1.54, 1.807) is 13.4 Å². The van der Waals surface area contributed by atoms with Crippen LogP contribution in [0.4, 0.5) is 0 Å². The van der Waals surface area contributed by atoms with Crippen molar-refractivity contribution in [1.82, 2.24) is 4.90 Å². The zero-order chi connectivity index (χ0) is 15.3. The fourth-order valence-corrected chi connectivity index (χ4v) is 4.19. The molecular formula is C19H23NO2. The first-order chi connectivity index (χ1) is 10.7. The molecule has 3 nitrogen and oxygen atoms in total. The molecule has 1 unspecified atom stereocenters. The Morgan fingerprint density at radius 2 is 2.14 bits per heavy atom. The van der Waals surface area contributed by atoms with E-state index in [9.17, 15) is 0 Å². The molecular weight excluding hydrogens is 274 g/mol. The lowest BCUT2D eigenvalue weighted by molar-refractivity contribution is 0.174. The summed E-state index contributed by atoms with van der Waals surface area (Å²) in [7, 11) is 4.00. The van der Waals surface area contributed by atoms with Crippen LogP contribution < -0.4 is 4.74 Å². The van der Waals surface area contributed by atoms with Gasteiger partial charge in [0.15, 0.2) is 0 Å². The molecule has 0 bridgehead atoms. The van der Waals surface area contributed by atoms with Gasteiger partial charge in [0.05, 0.1) is 13.4 Å². The first-order valence-corrected chi connectivity index (χ1v) is 8.07. The van der Waals surface area contributed by atoms with Crippen molar-refractivity contribution in [2.24, 2.45) is 0 Å². The number of fused-ring (bicyclic) bond motifs is 1. The molecule has 116 valence electrons. The van der Waals surface area contributed by atoms with Crippen molar-refractivity contribution in [1.29, 1.82) is 0 Å². The van der Waals surface area contributed by atoms with Gasteiger partial charge in [-0.2, -0.15) is 0 Å². The van der Waals surface area contributed by atoms with Crippen LogP contribution in [0, 0.1) is 6.92 Å². The average molecular weight is 297 g/mol. The zero-order valence-corrected chi connectivity index (χ0v) is 13.6. The normalized spacial score (nSPS) is 23.1. The minimum absolute atomic E-state index is 0.147. The van der Waals surface area contributed by atoms with E-state index in [2.05, 4.69) is 37.1 Å². The third-order valence-corrected chi connectivity index (χ3v) is 5.45. The predicted molar refractivity (Wildman–Crippen MR) is 86.4 cm³/mol. The highest BCUT2D eigenvalue weighted by Gasteiger charge is 2.56. The number of furan rings is 1. The maximum atomic E-state index is 5.80. The molecule has 1 saturated carbocycles. The predicted octanol–water partition coefficient (Wildman–Crippen LogP) is 3.86. The van der Waals surface area contributed by atoms with Gasteiger partial charge in [0.2, 0.25) is 0 Å². The number of aryl methyl sites for hydroxylation is 1. The van der Waals surface area contributed by atoms with Crippen molar-refractivity contribution < 1.29 is 9.15 Å². The molecule has 0 N–H and O–H groups in total. The van der Waals surface area contributed by atoms with Gasteiger partial charge in [0.1, 0.15) is 11.5 Å². The van der Waals surface area contributed by atoms with Crippen LogP contribution in [0.25, 0.3) is 0 Å². The molecule has 1 aliphatic carbocycles. The Morgan fingerprint density at radius 1 is 1.32 bits per heavy atom. The van der Waals surface area contributed by atoms with Crippen LogP contribution in [0.2, 0.25) is 0 Å². The van der Waals surface area contributed by atoms with Crippen molar-refractivity contribution in [3.8, 4) is 5.75 Å². The molecule has 2 heterocycles. The summed E-state index contributed by atoms with van der Waals surface area (Å²) in [6, 6.07) is 9.10. The summed E-state index contributed by atoms with van der Waals surface area (Å²) in [5, 5.41) is 0. The fraction of sp³-hybridized carbons (Fsp3) is 0.474. The SMILES string of the molecule is COc1cc2c(cc1C)CCN(C)C2C1(c2ccco2)CC1. The molecule has 0 amide bonds. The maximum Gasteiger partial charge on any atom is 0.122 e. The second kappa shape index (κ2) is 4.88. The minimum Gasteiger partial charge on any atom is -0.496 e. The highest BCUT2D eigenvalue weighted by Crippen LogP contribution is 2.60. The second-order valence-corrected chi connectivity index (χ2v) is 6.79. The summed E-state index contributed by atoms with van der Waals surface area (Å²) < 4.78 is 11.4. The molecule has 0 saturated heterocycles. The number of methoxy groups -OCH3 is 1. The van der Waals surface area contributed by atoms with Gasteiger partial charge in [0, 0.05) is 18.0 Å². The van der Waals surface area contributed by atoms with Gasteiger partial charge in [-0.1, -0.05) is 6.07 Å². The lowest BCUT2D eigenvalue weighted by atomic mass is 9.80. The number of hydrogen-bond donors (Lipinski definition) is 0. The van der Waals surface area contributed by atoms with E-state index < -0.39 is 0 Å². The summed E-state index contributed by atoms with van der Waals surface area (Å²) in [5.74, 6) is 2.13. The smallest absolute Gasteiger partial charge is 0.122 e. The molecule has 4 rings (SSSR count). The van der Waals surface area contributed by atoms with Crippen LogP contribution in [0.3, 0.4) is 0 Å². The van der Waals surface area contributed by atoms with Crippen LogP contribution in [0.5, 0.6) is 5.75 Å². The first-order valence-electron chi connectivity index (χ1n) is 8.07. The Hall–Kier alpha value is -1.74.